The average molecular weight is 265 g/mol. The molecule has 1 heterocycles. The molecule has 0 aromatic carbocycles. The van der Waals surface area contributed by atoms with Crippen LogP contribution in [0.1, 0.15) is 25.7 Å². The highest BCUT2D eigenvalue weighted by atomic mass is 16.2. The highest BCUT2D eigenvalue weighted by molar-refractivity contribution is 5.81. The highest BCUT2D eigenvalue weighted by Gasteiger charge is 2.32. The van der Waals surface area contributed by atoms with E-state index < -0.39 is 0 Å². The number of likely N-dealkylation sites (tertiary alicyclic amines) is 1. The third-order valence-corrected chi connectivity index (χ3v) is 3.71. The van der Waals surface area contributed by atoms with Crippen molar-refractivity contribution in [2.75, 3.05) is 26.2 Å². The second kappa shape index (κ2) is 6.70. The quantitative estimate of drug-likeness (QED) is 0.535. The zero-order chi connectivity index (χ0) is 13.7. The number of nitrogens with zero attached hydrogens (tertiary/aromatic N) is 1. The van der Waals surface area contributed by atoms with E-state index in [-0.39, 0.29) is 23.8 Å². The van der Waals surface area contributed by atoms with Crippen LogP contribution in [0, 0.1) is 5.92 Å². The topological polar surface area (TPSA) is 61.4 Å². The van der Waals surface area contributed by atoms with Gasteiger partial charge in [0.15, 0.2) is 0 Å². The van der Waals surface area contributed by atoms with Gasteiger partial charge in [-0.3, -0.25) is 9.59 Å². The zero-order valence-electron chi connectivity index (χ0n) is 11.4. The Morgan fingerprint density at radius 3 is 2.47 bits per heavy atom. The molecule has 5 heteroatoms. The van der Waals surface area contributed by atoms with Crippen molar-refractivity contribution in [3.05, 3.63) is 12.7 Å². The first-order valence-electron chi connectivity index (χ1n) is 7.10. The van der Waals surface area contributed by atoms with E-state index in [1.807, 2.05) is 4.90 Å². The van der Waals surface area contributed by atoms with E-state index in [0.29, 0.717) is 13.1 Å². The SMILES string of the molecule is C=CCNCC(=O)N1CCC(NC(=O)C2CC2)CC1. The van der Waals surface area contributed by atoms with Crippen molar-refractivity contribution in [3.63, 3.8) is 0 Å². The summed E-state index contributed by atoms with van der Waals surface area (Å²) in [5.74, 6) is 0.606. The first-order valence-corrected chi connectivity index (χ1v) is 7.10. The molecule has 2 fully saturated rings. The molecule has 2 rings (SSSR count). The lowest BCUT2D eigenvalue weighted by Crippen LogP contribution is -2.48. The van der Waals surface area contributed by atoms with Gasteiger partial charge in [0.2, 0.25) is 11.8 Å². The lowest BCUT2D eigenvalue weighted by Gasteiger charge is -2.32. The van der Waals surface area contributed by atoms with Crippen LogP contribution < -0.4 is 10.6 Å². The summed E-state index contributed by atoms with van der Waals surface area (Å²) in [6, 6.07) is 0.248. The number of hydrogen-bond acceptors (Lipinski definition) is 3. The van der Waals surface area contributed by atoms with Gasteiger partial charge in [0.25, 0.3) is 0 Å². The third kappa shape index (κ3) is 4.35. The van der Waals surface area contributed by atoms with E-state index in [9.17, 15) is 9.59 Å². The van der Waals surface area contributed by atoms with Crippen LogP contribution >= 0.6 is 0 Å². The first kappa shape index (κ1) is 14.1. The minimum atomic E-state index is 0.133. The first-order chi connectivity index (χ1) is 9.20. The standard InChI is InChI=1S/C14H23N3O2/c1-2-7-15-10-13(18)17-8-5-12(6-9-17)16-14(19)11-3-4-11/h2,11-12,15H,1,3-10H2,(H,16,19). The number of carbonyl (C=O) groups is 2. The molecule has 1 saturated carbocycles. The summed E-state index contributed by atoms with van der Waals surface area (Å²) in [5, 5.41) is 6.11. The predicted molar refractivity (Wildman–Crippen MR) is 73.5 cm³/mol. The molecular weight excluding hydrogens is 242 g/mol. The Kier molecular flexibility index (Phi) is 4.96. The van der Waals surface area contributed by atoms with Gasteiger partial charge in [-0.1, -0.05) is 6.08 Å². The Balaban J connectivity index is 1.65. The molecule has 1 aliphatic carbocycles. The summed E-state index contributed by atoms with van der Waals surface area (Å²) in [6.45, 7) is 6.10. The fourth-order valence-electron chi connectivity index (χ4n) is 2.33. The summed E-state index contributed by atoms with van der Waals surface area (Å²) < 4.78 is 0. The molecule has 2 amide bonds. The molecule has 0 bridgehead atoms. The monoisotopic (exact) mass is 265 g/mol. The minimum Gasteiger partial charge on any atom is -0.353 e. The third-order valence-electron chi connectivity index (χ3n) is 3.71. The van der Waals surface area contributed by atoms with E-state index in [4.69, 9.17) is 0 Å². The molecule has 0 aromatic rings. The molecule has 0 radical (unpaired) electrons. The normalized spacial score (nSPS) is 20.1. The van der Waals surface area contributed by atoms with E-state index in [2.05, 4.69) is 17.2 Å². The van der Waals surface area contributed by atoms with E-state index >= 15 is 0 Å². The van der Waals surface area contributed by atoms with Gasteiger partial charge in [0, 0.05) is 31.6 Å². The fraction of sp³-hybridized carbons (Fsp3) is 0.714. The summed E-state index contributed by atoms with van der Waals surface area (Å²) >= 11 is 0. The summed E-state index contributed by atoms with van der Waals surface area (Å²) in [5.41, 5.74) is 0. The highest BCUT2D eigenvalue weighted by Crippen LogP contribution is 2.29. The number of carbonyl (C=O) groups excluding carboxylic acids is 2. The van der Waals surface area contributed by atoms with Crippen LogP contribution in [0.15, 0.2) is 12.7 Å². The fourth-order valence-corrected chi connectivity index (χ4v) is 2.33. The van der Waals surface area contributed by atoms with Crippen molar-refractivity contribution in [3.8, 4) is 0 Å². The smallest absolute Gasteiger partial charge is 0.236 e. The Hall–Kier alpha value is -1.36. The number of nitrogens with one attached hydrogen (secondary N) is 2. The Morgan fingerprint density at radius 2 is 1.89 bits per heavy atom. The molecule has 19 heavy (non-hydrogen) atoms. The zero-order valence-corrected chi connectivity index (χ0v) is 11.4. The largest absolute Gasteiger partial charge is 0.353 e. The molecule has 1 saturated heterocycles. The van der Waals surface area contributed by atoms with Crippen LogP contribution in [-0.4, -0.2) is 48.9 Å². The molecule has 0 spiro atoms. The molecule has 2 aliphatic rings. The Labute approximate surface area is 114 Å². The van der Waals surface area contributed by atoms with Crippen molar-refractivity contribution in [1.29, 1.82) is 0 Å². The summed E-state index contributed by atoms with van der Waals surface area (Å²) in [7, 11) is 0. The van der Waals surface area contributed by atoms with Crippen molar-refractivity contribution in [2.45, 2.75) is 31.7 Å². The molecular formula is C14H23N3O2. The maximum atomic E-state index is 11.9. The predicted octanol–water partition coefficient (Wildman–Crippen LogP) is 0.279. The number of rotatable bonds is 6. The molecule has 0 atom stereocenters. The molecule has 0 unspecified atom stereocenters. The summed E-state index contributed by atoms with van der Waals surface area (Å²) in [4.78, 5) is 25.4. The second-order valence-electron chi connectivity index (χ2n) is 5.36. The Bertz CT molecular complexity index is 345. The number of amides is 2. The van der Waals surface area contributed by atoms with Gasteiger partial charge in [-0.25, -0.2) is 0 Å². The maximum Gasteiger partial charge on any atom is 0.236 e. The van der Waals surface area contributed by atoms with E-state index in [1.165, 1.54) is 0 Å². The molecule has 2 N–H and O–H groups in total. The minimum absolute atomic E-state index is 0.133. The van der Waals surface area contributed by atoms with Crippen LogP contribution in [0.5, 0.6) is 0 Å². The second-order valence-corrected chi connectivity index (χ2v) is 5.36. The molecule has 5 nitrogen and oxygen atoms in total. The lowest BCUT2D eigenvalue weighted by molar-refractivity contribution is -0.131. The van der Waals surface area contributed by atoms with Gasteiger partial charge < -0.3 is 15.5 Å². The lowest BCUT2D eigenvalue weighted by atomic mass is 10.0. The van der Waals surface area contributed by atoms with Crippen molar-refractivity contribution >= 4 is 11.8 Å². The number of hydrogen-bond donors (Lipinski definition) is 2. The van der Waals surface area contributed by atoms with Crippen LogP contribution in [0.4, 0.5) is 0 Å². The van der Waals surface area contributed by atoms with Gasteiger partial charge in [0.05, 0.1) is 6.54 Å². The van der Waals surface area contributed by atoms with E-state index in [1.54, 1.807) is 6.08 Å². The van der Waals surface area contributed by atoms with Gasteiger partial charge in [0.1, 0.15) is 0 Å². The van der Waals surface area contributed by atoms with Gasteiger partial charge >= 0.3 is 0 Å². The van der Waals surface area contributed by atoms with Crippen molar-refractivity contribution < 1.29 is 9.59 Å². The summed E-state index contributed by atoms with van der Waals surface area (Å²) in [6.07, 6.45) is 5.56. The molecule has 0 aromatic heterocycles. The van der Waals surface area contributed by atoms with Crippen LogP contribution in [0.25, 0.3) is 0 Å². The van der Waals surface area contributed by atoms with Gasteiger partial charge in [-0.2, -0.15) is 0 Å². The molecule has 106 valence electrons. The average Bonchev–Trinajstić information content (AvgIpc) is 3.24. The van der Waals surface area contributed by atoms with Crippen molar-refractivity contribution in [2.24, 2.45) is 5.92 Å². The van der Waals surface area contributed by atoms with E-state index in [0.717, 1.165) is 38.8 Å². The molecule has 1 aliphatic heterocycles. The van der Waals surface area contributed by atoms with Gasteiger partial charge in [-0.15, -0.1) is 6.58 Å². The van der Waals surface area contributed by atoms with Crippen LogP contribution in [-0.2, 0) is 9.59 Å². The van der Waals surface area contributed by atoms with Crippen molar-refractivity contribution in [1.82, 2.24) is 15.5 Å². The van der Waals surface area contributed by atoms with Crippen LogP contribution in [0.2, 0.25) is 0 Å². The van der Waals surface area contributed by atoms with Gasteiger partial charge in [-0.05, 0) is 25.7 Å². The maximum absolute atomic E-state index is 11.9. The van der Waals surface area contributed by atoms with Crippen LogP contribution in [0.3, 0.4) is 0 Å². The Morgan fingerprint density at radius 1 is 1.21 bits per heavy atom. The number of piperidine rings is 1.